The molecule has 0 bridgehead atoms. The highest BCUT2D eigenvalue weighted by atomic mass is 16.5. The van der Waals surface area contributed by atoms with E-state index in [0.717, 1.165) is 31.2 Å². The van der Waals surface area contributed by atoms with Crippen LogP contribution in [0.25, 0.3) is 0 Å². The van der Waals surface area contributed by atoms with Crippen LogP contribution in [0.1, 0.15) is 37.7 Å². The summed E-state index contributed by atoms with van der Waals surface area (Å²) in [5.74, 6) is 0.0468. The Morgan fingerprint density at radius 1 is 1.24 bits per heavy atom. The molecule has 0 unspecified atom stereocenters. The molecule has 0 aliphatic heterocycles. The molecule has 114 valence electrons. The van der Waals surface area contributed by atoms with Crippen molar-refractivity contribution in [3.8, 4) is 5.75 Å². The SMILES string of the molecule is COc1ccc(C)cc1NC(=O)CC(=O)NC1CCCC1. The maximum atomic E-state index is 11.9. The van der Waals surface area contributed by atoms with Crippen molar-refractivity contribution in [1.29, 1.82) is 0 Å². The first-order chi connectivity index (χ1) is 10.1. The lowest BCUT2D eigenvalue weighted by Gasteiger charge is -2.13. The highest BCUT2D eigenvalue weighted by Crippen LogP contribution is 2.25. The Morgan fingerprint density at radius 2 is 1.95 bits per heavy atom. The highest BCUT2D eigenvalue weighted by Gasteiger charge is 2.19. The number of carbonyl (C=O) groups is 2. The van der Waals surface area contributed by atoms with Crippen molar-refractivity contribution >= 4 is 17.5 Å². The number of hydrogen-bond donors (Lipinski definition) is 2. The second kappa shape index (κ2) is 7.11. The third-order valence-electron chi connectivity index (χ3n) is 3.67. The molecule has 2 rings (SSSR count). The summed E-state index contributed by atoms with van der Waals surface area (Å²) in [6, 6.07) is 5.76. The molecule has 1 aliphatic rings. The summed E-state index contributed by atoms with van der Waals surface area (Å²) in [6.07, 6.45) is 4.17. The average molecular weight is 290 g/mol. The first-order valence-electron chi connectivity index (χ1n) is 7.32. The normalized spacial score (nSPS) is 14.8. The van der Waals surface area contributed by atoms with Gasteiger partial charge in [-0.05, 0) is 37.5 Å². The van der Waals surface area contributed by atoms with Crippen molar-refractivity contribution in [2.24, 2.45) is 0 Å². The number of anilines is 1. The lowest BCUT2D eigenvalue weighted by atomic mass is 10.2. The predicted molar refractivity (Wildman–Crippen MR) is 81.4 cm³/mol. The monoisotopic (exact) mass is 290 g/mol. The van der Waals surface area contributed by atoms with Gasteiger partial charge in [0.25, 0.3) is 0 Å². The average Bonchev–Trinajstić information content (AvgIpc) is 2.91. The molecule has 1 aromatic rings. The molecule has 0 atom stereocenters. The molecule has 1 aliphatic carbocycles. The van der Waals surface area contributed by atoms with Crippen molar-refractivity contribution in [1.82, 2.24) is 5.32 Å². The Labute approximate surface area is 125 Å². The number of hydrogen-bond acceptors (Lipinski definition) is 3. The van der Waals surface area contributed by atoms with Crippen LogP contribution in [0.3, 0.4) is 0 Å². The van der Waals surface area contributed by atoms with Crippen LogP contribution in [0.2, 0.25) is 0 Å². The standard InChI is InChI=1S/C16H22N2O3/c1-11-7-8-14(21-2)13(9-11)18-16(20)10-15(19)17-12-5-3-4-6-12/h7-9,12H,3-6,10H2,1-2H3,(H,17,19)(H,18,20). The number of aryl methyl sites for hydroxylation is 1. The Morgan fingerprint density at radius 3 is 2.62 bits per heavy atom. The van der Waals surface area contributed by atoms with E-state index in [9.17, 15) is 9.59 Å². The molecule has 0 aromatic heterocycles. The Kier molecular flexibility index (Phi) is 5.20. The number of amides is 2. The van der Waals surface area contributed by atoms with Crippen LogP contribution in [0, 0.1) is 6.92 Å². The third-order valence-corrected chi connectivity index (χ3v) is 3.67. The molecular formula is C16H22N2O3. The Hall–Kier alpha value is -2.04. The number of ether oxygens (including phenoxy) is 1. The smallest absolute Gasteiger partial charge is 0.233 e. The molecule has 2 amide bonds. The molecule has 5 nitrogen and oxygen atoms in total. The number of benzene rings is 1. The van der Waals surface area contributed by atoms with Gasteiger partial charge in [0.2, 0.25) is 11.8 Å². The number of methoxy groups -OCH3 is 1. The molecule has 21 heavy (non-hydrogen) atoms. The summed E-state index contributed by atoms with van der Waals surface area (Å²) in [5, 5.41) is 5.64. The van der Waals surface area contributed by atoms with E-state index in [-0.39, 0.29) is 24.3 Å². The van der Waals surface area contributed by atoms with Gasteiger partial charge in [-0.2, -0.15) is 0 Å². The second-order valence-corrected chi connectivity index (χ2v) is 5.48. The molecule has 2 N–H and O–H groups in total. The van der Waals surface area contributed by atoms with Gasteiger partial charge >= 0.3 is 0 Å². The van der Waals surface area contributed by atoms with Crippen molar-refractivity contribution in [2.75, 3.05) is 12.4 Å². The lowest BCUT2D eigenvalue weighted by molar-refractivity contribution is -0.127. The minimum absolute atomic E-state index is 0.159. The van der Waals surface area contributed by atoms with Crippen LogP contribution >= 0.6 is 0 Å². The zero-order valence-electron chi connectivity index (χ0n) is 12.6. The van der Waals surface area contributed by atoms with Gasteiger partial charge in [0.15, 0.2) is 0 Å². The molecule has 5 heteroatoms. The molecule has 0 saturated heterocycles. The van der Waals surface area contributed by atoms with Crippen LogP contribution in [-0.4, -0.2) is 25.0 Å². The van der Waals surface area contributed by atoms with Gasteiger partial charge in [0.1, 0.15) is 12.2 Å². The van der Waals surface area contributed by atoms with E-state index in [2.05, 4.69) is 10.6 Å². The first-order valence-corrected chi connectivity index (χ1v) is 7.32. The third kappa shape index (κ3) is 4.48. The molecule has 0 spiro atoms. The van der Waals surface area contributed by atoms with E-state index < -0.39 is 0 Å². The fourth-order valence-electron chi connectivity index (χ4n) is 2.61. The Bertz CT molecular complexity index is 522. The summed E-state index contributed by atoms with van der Waals surface area (Å²) in [7, 11) is 1.55. The minimum Gasteiger partial charge on any atom is -0.495 e. The quantitative estimate of drug-likeness (QED) is 0.818. The molecule has 1 saturated carbocycles. The maximum Gasteiger partial charge on any atom is 0.233 e. The van der Waals surface area contributed by atoms with E-state index in [1.165, 1.54) is 0 Å². The van der Waals surface area contributed by atoms with Gasteiger partial charge in [-0.15, -0.1) is 0 Å². The van der Waals surface area contributed by atoms with E-state index in [1.807, 2.05) is 19.1 Å². The van der Waals surface area contributed by atoms with Gasteiger partial charge in [-0.3, -0.25) is 9.59 Å². The molecule has 1 aromatic carbocycles. The van der Waals surface area contributed by atoms with Crippen LogP contribution in [0.4, 0.5) is 5.69 Å². The fraction of sp³-hybridized carbons (Fsp3) is 0.500. The van der Waals surface area contributed by atoms with Gasteiger partial charge < -0.3 is 15.4 Å². The maximum absolute atomic E-state index is 11.9. The van der Waals surface area contributed by atoms with Crippen LogP contribution < -0.4 is 15.4 Å². The summed E-state index contributed by atoms with van der Waals surface area (Å²) < 4.78 is 5.20. The summed E-state index contributed by atoms with van der Waals surface area (Å²) in [4.78, 5) is 23.8. The predicted octanol–water partition coefficient (Wildman–Crippen LogP) is 2.39. The molecular weight excluding hydrogens is 268 g/mol. The molecule has 0 radical (unpaired) electrons. The summed E-state index contributed by atoms with van der Waals surface area (Å²) >= 11 is 0. The van der Waals surface area contributed by atoms with Crippen LogP contribution in [-0.2, 0) is 9.59 Å². The van der Waals surface area contributed by atoms with Crippen LogP contribution in [0.5, 0.6) is 5.75 Å². The van der Waals surface area contributed by atoms with Gasteiger partial charge in [0, 0.05) is 6.04 Å². The summed E-state index contributed by atoms with van der Waals surface area (Å²) in [5.41, 5.74) is 1.61. The van der Waals surface area contributed by atoms with E-state index in [4.69, 9.17) is 4.74 Å². The topological polar surface area (TPSA) is 67.4 Å². The zero-order chi connectivity index (χ0) is 15.2. The summed E-state index contributed by atoms with van der Waals surface area (Å²) in [6.45, 7) is 1.93. The number of nitrogens with one attached hydrogen (secondary N) is 2. The Balaban J connectivity index is 1.89. The lowest BCUT2D eigenvalue weighted by Crippen LogP contribution is -2.35. The first kappa shape index (κ1) is 15.4. The number of carbonyl (C=O) groups excluding carboxylic acids is 2. The van der Waals surface area contributed by atoms with E-state index in [1.54, 1.807) is 13.2 Å². The van der Waals surface area contributed by atoms with Crippen molar-refractivity contribution in [3.63, 3.8) is 0 Å². The second-order valence-electron chi connectivity index (χ2n) is 5.48. The van der Waals surface area contributed by atoms with Crippen LogP contribution in [0.15, 0.2) is 18.2 Å². The van der Waals surface area contributed by atoms with Gasteiger partial charge in [0.05, 0.1) is 12.8 Å². The largest absolute Gasteiger partial charge is 0.495 e. The van der Waals surface area contributed by atoms with Crippen molar-refractivity contribution < 1.29 is 14.3 Å². The minimum atomic E-state index is -0.325. The van der Waals surface area contributed by atoms with Gasteiger partial charge in [-0.25, -0.2) is 0 Å². The van der Waals surface area contributed by atoms with E-state index in [0.29, 0.717) is 11.4 Å². The van der Waals surface area contributed by atoms with E-state index >= 15 is 0 Å². The highest BCUT2D eigenvalue weighted by molar-refractivity contribution is 6.04. The zero-order valence-corrected chi connectivity index (χ0v) is 12.6. The fourth-order valence-corrected chi connectivity index (χ4v) is 2.61. The molecule has 0 heterocycles. The van der Waals surface area contributed by atoms with Crippen molar-refractivity contribution in [3.05, 3.63) is 23.8 Å². The number of rotatable bonds is 5. The van der Waals surface area contributed by atoms with Gasteiger partial charge in [-0.1, -0.05) is 18.9 Å². The molecule has 1 fully saturated rings. The van der Waals surface area contributed by atoms with Crippen molar-refractivity contribution in [2.45, 2.75) is 45.1 Å².